The van der Waals surface area contributed by atoms with Gasteiger partial charge in [-0.1, -0.05) is 11.6 Å². The quantitative estimate of drug-likeness (QED) is 0.557. The highest BCUT2D eigenvalue weighted by Crippen LogP contribution is 2.36. The molecule has 0 aliphatic heterocycles. The largest absolute Gasteiger partial charge is 0.416 e. The van der Waals surface area contributed by atoms with Crippen LogP contribution in [-0.2, 0) is 25.4 Å². The first-order valence-electron chi connectivity index (χ1n) is 7.65. The Balaban J connectivity index is 1.76. The lowest BCUT2D eigenvalue weighted by atomic mass is 10.0. The topological polar surface area (TPSA) is 40.7 Å². The Morgan fingerprint density at radius 2 is 1.52 bits per heavy atom. The van der Waals surface area contributed by atoms with Crippen molar-refractivity contribution in [2.45, 2.75) is 25.4 Å². The molecule has 3 rings (SSSR count). The van der Waals surface area contributed by atoms with E-state index in [1.54, 1.807) is 18.2 Å². The van der Waals surface area contributed by atoms with E-state index in [9.17, 15) is 26.3 Å². The molecule has 0 aliphatic rings. The summed E-state index contributed by atoms with van der Waals surface area (Å²) in [6, 6.07) is 6.51. The first-order valence-corrected chi connectivity index (χ1v) is 8.03. The molecular formula is C17H12ClF6N3. The molecule has 3 nitrogen and oxygen atoms in total. The van der Waals surface area contributed by atoms with Crippen LogP contribution in [0.5, 0.6) is 0 Å². The van der Waals surface area contributed by atoms with Crippen molar-refractivity contribution in [3.8, 4) is 0 Å². The zero-order valence-electron chi connectivity index (χ0n) is 13.5. The van der Waals surface area contributed by atoms with Gasteiger partial charge < -0.3 is 10.3 Å². The third-order valence-corrected chi connectivity index (χ3v) is 4.00. The minimum absolute atomic E-state index is 0.104. The highest BCUT2D eigenvalue weighted by Gasteiger charge is 2.36. The molecule has 0 spiro atoms. The minimum atomic E-state index is -4.87. The van der Waals surface area contributed by atoms with Crippen LogP contribution in [0.4, 0.5) is 26.3 Å². The number of H-pyrrole nitrogens is 1. The molecule has 2 aromatic carbocycles. The van der Waals surface area contributed by atoms with E-state index in [1.807, 2.05) is 0 Å². The van der Waals surface area contributed by atoms with Gasteiger partial charge in [0.25, 0.3) is 0 Å². The number of hydrogen-bond donors (Lipinski definition) is 2. The Kier molecular flexibility index (Phi) is 5.09. The van der Waals surface area contributed by atoms with E-state index in [-0.39, 0.29) is 24.7 Å². The summed E-state index contributed by atoms with van der Waals surface area (Å²) >= 11 is 5.87. The molecule has 3 aromatic rings. The monoisotopic (exact) mass is 407 g/mol. The van der Waals surface area contributed by atoms with Gasteiger partial charge in [-0.3, -0.25) is 0 Å². The predicted molar refractivity (Wildman–Crippen MR) is 88.1 cm³/mol. The second-order valence-corrected chi connectivity index (χ2v) is 6.30. The van der Waals surface area contributed by atoms with Crippen LogP contribution in [0.1, 0.15) is 22.5 Å². The number of alkyl halides is 6. The second kappa shape index (κ2) is 7.05. The van der Waals surface area contributed by atoms with Crippen LogP contribution in [-0.4, -0.2) is 9.97 Å². The van der Waals surface area contributed by atoms with E-state index >= 15 is 0 Å². The summed E-state index contributed by atoms with van der Waals surface area (Å²) in [5.74, 6) is 0.482. The van der Waals surface area contributed by atoms with Crippen LogP contribution < -0.4 is 5.32 Å². The summed E-state index contributed by atoms with van der Waals surface area (Å²) in [5.41, 5.74) is -1.48. The molecule has 27 heavy (non-hydrogen) atoms. The maximum Gasteiger partial charge on any atom is 0.416 e. The summed E-state index contributed by atoms with van der Waals surface area (Å²) < 4.78 is 77.2. The Morgan fingerprint density at radius 1 is 0.889 bits per heavy atom. The van der Waals surface area contributed by atoms with Crippen molar-refractivity contribution >= 4 is 22.6 Å². The Morgan fingerprint density at radius 3 is 2.11 bits per heavy atom. The van der Waals surface area contributed by atoms with E-state index in [2.05, 4.69) is 15.3 Å². The number of hydrogen-bond acceptors (Lipinski definition) is 2. The molecule has 2 N–H and O–H groups in total. The van der Waals surface area contributed by atoms with Crippen LogP contribution >= 0.6 is 11.6 Å². The van der Waals surface area contributed by atoms with Crippen molar-refractivity contribution in [1.82, 2.24) is 15.3 Å². The molecule has 0 atom stereocenters. The molecule has 0 saturated carbocycles. The first-order chi connectivity index (χ1) is 12.5. The van der Waals surface area contributed by atoms with Gasteiger partial charge in [-0.15, -0.1) is 0 Å². The van der Waals surface area contributed by atoms with Crippen LogP contribution in [0.25, 0.3) is 11.0 Å². The molecule has 0 saturated heterocycles. The number of aromatic amines is 1. The number of fused-ring (bicyclic) bond motifs is 1. The molecule has 10 heteroatoms. The fourth-order valence-corrected chi connectivity index (χ4v) is 2.74. The number of benzene rings is 2. The molecular weight excluding hydrogens is 396 g/mol. The van der Waals surface area contributed by atoms with E-state index in [1.165, 1.54) is 0 Å². The van der Waals surface area contributed by atoms with E-state index < -0.39 is 23.5 Å². The minimum Gasteiger partial charge on any atom is -0.341 e. The van der Waals surface area contributed by atoms with Gasteiger partial charge in [0.1, 0.15) is 5.82 Å². The highest BCUT2D eigenvalue weighted by molar-refractivity contribution is 6.31. The summed E-state index contributed by atoms with van der Waals surface area (Å²) in [6.45, 7) is -0.0608. The number of nitrogens with one attached hydrogen (secondary N) is 2. The highest BCUT2D eigenvalue weighted by atomic mass is 35.5. The average molecular weight is 408 g/mol. The van der Waals surface area contributed by atoms with Gasteiger partial charge in [0.2, 0.25) is 0 Å². The van der Waals surface area contributed by atoms with Crippen molar-refractivity contribution in [1.29, 1.82) is 0 Å². The van der Waals surface area contributed by atoms with Crippen LogP contribution in [0.15, 0.2) is 36.4 Å². The normalized spacial score (nSPS) is 12.7. The molecule has 0 amide bonds. The number of imidazole rings is 1. The SMILES string of the molecule is FC(F)(F)c1cc(CNCc2nc3ccc(Cl)cc3[nH]2)cc(C(F)(F)F)c1. The summed E-state index contributed by atoms with van der Waals surface area (Å²) in [4.78, 5) is 7.24. The van der Waals surface area contributed by atoms with Gasteiger partial charge in [0.05, 0.1) is 28.7 Å². The predicted octanol–water partition coefficient (Wildman–Crippen LogP) is 5.54. The number of halogens is 7. The fourth-order valence-electron chi connectivity index (χ4n) is 2.57. The maximum absolute atomic E-state index is 12.9. The maximum atomic E-state index is 12.9. The van der Waals surface area contributed by atoms with Gasteiger partial charge >= 0.3 is 12.4 Å². The van der Waals surface area contributed by atoms with Gasteiger partial charge in [0.15, 0.2) is 0 Å². The number of nitrogens with zero attached hydrogens (tertiary/aromatic N) is 1. The van der Waals surface area contributed by atoms with Crippen molar-refractivity contribution < 1.29 is 26.3 Å². The Labute approximate surface area is 154 Å². The number of aromatic nitrogens is 2. The van der Waals surface area contributed by atoms with Crippen LogP contribution in [0.2, 0.25) is 5.02 Å². The smallest absolute Gasteiger partial charge is 0.341 e. The van der Waals surface area contributed by atoms with Crippen molar-refractivity contribution in [3.63, 3.8) is 0 Å². The van der Waals surface area contributed by atoms with Crippen molar-refractivity contribution in [2.75, 3.05) is 0 Å². The fraction of sp³-hybridized carbons (Fsp3) is 0.235. The lowest BCUT2D eigenvalue weighted by Crippen LogP contribution is -2.17. The van der Waals surface area contributed by atoms with E-state index in [4.69, 9.17) is 11.6 Å². The molecule has 1 aromatic heterocycles. The molecule has 0 fully saturated rings. The lowest BCUT2D eigenvalue weighted by Gasteiger charge is -2.14. The third-order valence-electron chi connectivity index (χ3n) is 3.76. The molecule has 0 aliphatic carbocycles. The van der Waals surface area contributed by atoms with Crippen LogP contribution in [0.3, 0.4) is 0 Å². The van der Waals surface area contributed by atoms with E-state index in [0.29, 0.717) is 34.0 Å². The molecule has 1 heterocycles. The first kappa shape index (κ1) is 19.5. The second-order valence-electron chi connectivity index (χ2n) is 5.86. The third kappa shape index (κ3) is 4.72. The summed E-state index contributed by atoms with van der Waals surface area (Å²) in [5, 5.41) is 3.30. The van der Waals surface area contributed by atoms with E-state index in [0.717, 1.165) is 0 Å². The van der Waals surface area contributed by atoms with Crippen molar-refractivity contribution in [2.24, 2.45) is 0 Å². The Bertz CT molecular complexity index is 929. The zero-order chi connectivity index (χ0) is 19.8. The molecule has 0 bridgehead atoms. The zero-order valence-corrected chi connectivity index (χ0v) is 14.2. The lowest BCUT2D eigenvalue weighted by molar-refractivity contribution is -0.143. The molecule has 144 valence electrons. The molecule has 0 radical (unpaired) electrons. The standard InChI is InChI=1S/C17H12ClF6N3/c18-12-1-2-13-14(6-12)27-15(26-13)8-25-7-9-3-10(16(19,20)21)5-11(4-9)17(22,23)24/h1-6,25H,7-8H2,(H,26,27). The molecule has 0 unspecified atom stereocenters. The van der Waals surface area contributed by atoms with Gasteiger partial charge in [-0.2, -0.15) is 26.3 Å². The Hall–Kier alpha value is -2.26. The van der Waals surface area contributed by atoms with Gasteiger partial charge in [-0.05, 0) is 42.0 Å². The van der Waals surface area contributed by atoms with Gasteiger partial charge in [0, 0.05) is 11.6 Å². The average Bonchev–Trinajstić information content (AvgIpc) is 2.94. The van der Waals surface area contributed by atoms with Crippen molar-refractivity contribution in [3.05, 3.63) is 63.9 Å². The number of rotatable bonds is 4. The summed E-state index contributed by atoms with van der Waals surface area (Å²) in [6.07, 6.45) is -9.73. The summed E-state index contributed by atoms with van der Waals surface area (Å²) in [7, 11) is 0. The van der Waals surface area contributed by atoms with Crippen LogP contribution in [0, 0.1) is 0 Å². The van der Waals surface area contributed by atoms with Gasteiger partial charge in [-0.25, -0.2) is 4.98 Å².